The van der Waals surface area contributed by atoms with E-state index in [-0.39, 0.29) is 12.5 Å². The first-order chi connectivity index (χ1) is 8.72. The molecule has 2 rings (SSSR count). The molecule has 0 radical (unpaired) electrons. The standard InChI is InChI=1S/C17H20O/c1-13-7-6-8-14(2)17(13)11-16(12-18)15-9-4-3-5-10-15/h3-10,16,18H,11-12H2,1-2H3. The van der Waals surface area contributed by atoms with Crippen LogP contribution in [-0.4, -0.2) is 11.7 Å². The Bertz CT molecular complexity index is 482. The van der Waals surface area contributed by atoms with Crippen LogP contribution in [-0.2, 0) is 6.42 Å². The van der Waals surface area contributed by atoms with Crippen LogP contribution in [0.5, 0.6) is 0 Å². The Hall–Kier alpha value is -1.60. The lowest BCUT2D eigenvalue weighted by molar-refractivity contribution is 0.264. The second-order valence-electron chi connectivity index (χ2n) is 4.86. The Balaban J connectivity index is 2.26. The van der Waals surface area contributed by atoms with Gasteiger partial charge in [-0.3, -0.25) is 0 Å². The highest BCUT2D eigenvalue weighted by Crippen LogP contribution is 2.24. The zero-order chi connectivity index (χ0) is 13.0. The molecule has 0 heterocycles. The number of rotatable bonds is 4. The summed E-state index contributed by atoms with van der Waals surface area (Å²) in [5.74, 6) is 0.186. The molecule has 0 saturated carbocycles. The van der Waals surface area contributed by atoms with Gasteiger partial charge in [0.15, 0.2) is 0 Å². The highest BCUT2D eigenvalue weighted by Gasteiger charge is 2.13. The van der Waals surface area contributed by atoms with E-state index >= 15 is 0 Å². The summed E-state index contributed by atoms with van der Waals surface area (Å²) in [5, 5.41) is 9.62. The minimum atomic E-state index is 0.186. The molecule has 0 amide bonds. The Labute approximate surface area is 109 Å². The molecule has 1 N–H and O–H groups in total. The molecule has 0 bridgehead atoms. The van der Waals surface area contributed by atoms with Gasteiger partial charge in [0.25, 0.3) is 0 Å². The average Bonchev–Trinajstić information content (AvgIpc) is 2.40. The van der Waals surface area contributed by atoms with Crippen LogP contribution in [0.3, 0.4) is 0 Å². The summed E-state index contributed by atoms with van der Waals surface area (Å²) in [6, 6.07) is 16.6. The molecule has 2 aromatic rings. The Morgan fingerprint density at radius 2 is 1.50 bits per heavy atom. The van der Waals surface area contributed by atoms with Crippen molar-refractivity contribution in [1.82, 2.24) is 0 Å². The topological polar surface area (TPSA) is 20.2 Å². The van der Waals surface area contributed by atoms with Gasteiger partial charge >= 0.3 is 0 Å². The predicted octanol–water partition coefficient (Wildman–Crippen LogP) is 3.62. The quantitative estimate of drug-likeness (QED) is 0.865. The first kappa shape index (κ1) is 12.8. The van der Waals surface area contributed by atoms with Gasteiger partial charge < -0.3 is 5.11 Å². The molecule has 0 saturated heterocycles. The normalized spacial score (nSPS) is 12.4. The molecule has 2 aromatic carbocycles. The highest BCUT2D eigenvalue weighted by atomic mass is 16.3. The zero-order valence-electron chi connectivity index (χ0n) is 11.1. The molecule has 1 atom stereocenters. The van der Waals surface area contributed by atoms with Gasteiger partial charge in [0.1, 0.15) is 0 Å². The summed E-state index contributed by atoms with van der Waals surface area (Å²) in [6.07, 6.45) is 0.902. The van der Waals surface area contributed by atoms with Crippen molar-refractivity contribution in [1.29, 1.82) is 0 Å². The molecule has 0 aromatic heterocycles. The Morgan fingerprint density at radius 3 is 2.06 bits per heavy atom. The first-order valence-corrected chi connectivity index (χ1v) is 6.43. The second kappa shape index (κ2) is 5.83. The number of aryl methyl sites for hydroxylation is 2. The summed E-state index contributed by atoms with van der Waals surface area (Å²) in [7, 11) is 0. The van der Waals surface area contributed by atoms with Crippen LogP contribution in [0.2, 0.25) is 0 Å². The highest BCUT2D eigenvalue weighted by molar-refractivity contribution is 5.35. The van der Waals surface area contributed by atoms with Gasteiger partial charge in [-0.15, -0.1) is 0 Å². The third-order valence-electron chi connectivity index (χ3n) is 3.59. The minimum absolute atomic E-state index is 0.186. The predicted molar refractivity (Wildman–Crippen MR) is 75.9 cm³/mol. The molecule has 0 spiro atoms. The van der Waals surface area contributed by atoms with Gasteiger partial charge in [-0.05, 0) is 42.5 Å². The molecule has 94 valence electrons. The van der Waals surface area contributed by atoms with Crippen LogP contribution in [0.15, 0.2) is 48.5 Å². The lowest BCUT2D eigenvalue weighted by atomic mass is 9.89. The van der Waals surface area contributed by atoms with Gasteiger partial charge in [-0.2, -0.15) is 0 Å². The lowest BCUT2D eigenvalue weighted by Gasteiger charge is -2.18. The van der Waals surface area contributed by atoms with Crippen LogP contribution in [0, 0.1) is 13.8 Å². The van der Waals surface area contributed by atoms with Gasteiger partial charge in [0.2, 0.25) is 0 Å². The second-order valence-corrected chi connectivity index (χ2v) is 4.86. The van der Waals surface area contributed by atoms with Crippen molar-refractivity contribution >= 4 is 0 Å². The van der Waals surface area contributed by atoms with E-state index in [4.69, 9.17) is 0 Å². The van der Waals surface area contributed by atoms with Crippen LogP contribution in [0.1, 0.15) is 28.2 Å². The third-order valence-corrected chi connectivity index (χ3v) is 3.59. The van der Waals surface area contributed by atoms with E-state index in [1.807, 2.05) is 18.2 Å². The van der Waals surface area contributed by atoms with E-state index in [1.165, 1.54) is 22.3 Å². The van der Waals surface area contributed by atoms with Crippen LogP contribution < -0.4 is 0 Å². The largest absolute Gasteiger partial charge is 0.396 e. The Morgan fingerprint density at radius 1 is 0.889 bits per heavy atom. The van der Waals surface area contributed by atoms with Crippen molar-refractivity contribution in [3.05, 3.63) is 70.8 Å². The molecule has 0 aliphatic heterocycles. The van der Waals surface area contributed by atoms with Gasteiger partial charge in [0, 0.05) is 5.92 Å². The molecule has 0 fully saturated rings. The van der Waals surface area contributed by atoms with Gasteiger partial charge in [0.05, 0.1) is 6.61 Å². The fourth-order valence-electron chi connectivity index (χ4n) is 2.43. The van der Waals surface area contributed by atoms with E-state index in [0.717, 1.165) is 6.42 Å². The molecule has 1 heteroatoms. The number of hydrogen-bond donors (Lipinski definition) is 1. The van der Waals surface area contributed by atoms with Crippen molar-refractivity contribution in [2.24, 2.45) is 0 Å². The van der Waals surface area contributed by atoms with Crippen molar-refractivity contribution in [2.75, 3.05) is 6.61 Å². The molecular weight excluding hydrogens is 220 g/mol. The lowest BCUT2D eigenvalue weighted by Crippen LogP contribution is -2.09. The monoisotopic (exact) mass is 240 g/mol. The van der Waals surface area contributed by atoms with Crippen molar-refractivity contribution < 1.29 is 5.11 Å². The van der Waals surface area contributed by atoms with E-state index < -0.39 is 0 Å². The van der Waals surface area contributed by atoms with E-state index in [2.05, 4.69) is 44.2 Å². The van der Waals surface area contributed by atoms with Crippen LogP contribution >= 0.6 is 0 Å². The summed E-state index contributed by atoms with van der Waals surface area (Å²) in [4.78, 5) is 0. The number of aliphatic hydroxyl groups is 1. The SMILES string of the molecule is Cc1cccc(C)c1CC(CO)c1ccccc1. The van der Waals surface area contributed by atoms with Crippen molar-refractivity contribution in [2.45, 2.75) is 26.2 Å². The number of benzene rings is 2. The van der Waals surface area contributed by atoms with E-state index in [9.17, 15) is 5.11 Å². The molecule has 0 aliphatic rings. The zero-order valence-corrected chi connectivity index (χ0v) is 11.1. The third kappa shape index (κ3) is 2.80. The summed E-state index contributed by atoms with van der Waals surface area (Å²) >= 11 is 0. The van der Waals surface area contributed by atoms with Gasteiger partial charge in [-0.1, -0.05) is 48.5 Å². The van der Waals surface area contributed by atoms with E-state index in [0.29, 0.717) is 0 Å². The smallest absolute Gasteiger partial charge is 0.0502 e. The van der Waals surface area contributed by atoms with Crippen LogP contribution in [0.25, 0.3) is 0 Å². The number of hydrogen-bond acceptors (Lipinski definition) is 1. The summed E-state index contributed by atoms with van der Waals surface area (Å²) in [5.41, 5.74) is 5.19. The maximum atomic E-state index is 9.62. The minimum Gasteiger partial charge on any atom is -0.396 e. The fraction of sp³-hybridized carbons (Fsp3) is 0.294. The molecule has 18 heavy (non-hydrogen) atoms. The molecule has 1 unspecified atom stereocenters. The summed E-state index contributed by atoms with van der Waals surface area (Å²) < 4.78 is 0. The maximum Gasteiger partial charge on any atom is 0.0502 e. The van der Waals surface area contributed by atoms with Crippen molar-refractivity contribution in [3.63, 3.8) is 0 Å². The average molecular weight is 240 g/mol. The summed E-state index contributed by atoms with van der Waals surface area (Å²) in [6.45, 7) is 4.47. The molecule has 0 aliphatic carbocycles. The Kier molecular flexibility index (Phi) is 4.16. The van der Waals surface area contributed by atoms with E-state index in [1.54, 1.807) is 0 Å². The molecule has 1 nitrogen and oxygen atoms in total. The molecular formula is C17H20O. The maximum absolute atomic E-state index is 9.62. The number of aliphatic hydroxyl groups excluding tert-OH is 1. The van der Waals surface area contributed by atoms with Gasteiger partial charge in [-0.25, -0.2) is 0 Å². The fourth-order valence-corrected chi connectivity index (χ4v) is 2.43. The first-order valence-electron chi connectivity index (χ1n) is 6.43. The van der Waals surface area contributed by atoms with Crippen molar-refractivity contribution in [3.8, 4) is 0 Å². The van der Waals surface area contributed by atoms with Crippen LogP contribution in [0.4, 0.5) is 0 Å².